The van der Waals surface area contributed by atoms with Gasteiger partial charge in [0, 0.05) is 51.5 Å². The Morgan fingerprint density at radius 3 is 1.38 bits per heavy atom. The molecule has 9 nitrogen and oxygen atoms in total. The maximum absolute atomic E-state index is 12.6. The molecule has 0 saturated heterocycles. The highest BCUT2D eigenvalue weighted by Crippen LogP contribution is 2.30. The number of nitro benzene ring substituents is 2. The van der Waals surface area contributed by atoms with Crippen LogP contribution in [0.3, 0.4) is 0 Å². The van der Waals surface area contributed by atoms with Gasteiger partial charge in [-0.05, 0) is 25.0 Å². The zero-order valence-electron chi connectivity index (χ0n) is 20.5. The molecule has 0 aromatic heterocycles. The van der Waals surface area contributed by atoms with Crippen molar-refractivity contribution in [1.82, 2.24) is 0 Å². The molecule has 34 heavy (non-hydrogen) atoms. The first kappa shape index (κ1) is 27.2. The molecule has 0 bridgehead atoms. The summed E-state index contributed by atoms with van der Waals surface area (Å²) in [6.45, 7) is 13.1. The number of ether oxygens (including phenoxy) is 2. The Morgan fingerprint density at radius 1 is 0.735 bits per heavy atom. The van der Waals surface area contributed by atoms with Crippen molar-refractivity contribution in [3.63, 3.8) is 0 Å². The van der Waals surface area contributed by atoms with Gasteiger partial charge in [0.15, 0.2) is 0 Å². The molecule has 0 aliphatic carbocycles. The largest absolute Gasteiger partial charge is 0.519 e. The highest BCUT2D eigenvalue weighted by molar-refractivity contribution is 6.76. The second-order valence-corrected chi connectivity index (χ2v) is 21.9. The lowest BCUT2D eigenvalue weighted by Gasteiger charge is -2.18. The number of hydrogen-bond donors (Lipinski definition) is 0. The summed E-state index contributed by atoms with van der Waals surface area (Å²) in [6.07, 6.45) is 0.0871. The summed E-state index contributed by atoms with van der Waals surface area (Å²) in [6, 6.07) is 9.95. The number of hydrogen-bond acceptors (Lipinski definition) is 7. The van der Waals surface area contributed by atoms with E-state index in [2.05, 4.69) is 39.3 Å². The standard InChI is InChI=1S/C23H32N2O7Si2/c1-33(2,3)13-11-17-15-19(24(27)28)7-9-21(17)31-23(26)32-22-10-8-20(25(29)30)16-18(22)12-14-34(4,5)6/h7-10,15-16H,11-14H2,1-6H3. The van der Waals surface area contributed by atoms with Crippen molar-refractivity contribution in [2.75, 3.05) is 0 Å². The molecule has 0 amide bonds. The van der Waals surface area contributed by atoms with Crippen molar-refractivity contribution < 1.29 is 24.1 Å². The van der Waals surface area contributed by atoms with Gasteiger partial charge in [-0.25, -0.2) is 4.79 Å². The lowest BCUT2D eigenvalue weighted by Crippen LogP contribution is -2.21. The van der Waals surface area contributed by atoms with Crippen molar-refractivity contribution in [3.8, 4) is 11.5 Å². The molecule has 0 fully saturated rings. The topological polar surface area (TPSA) is 122 Å². The molecule has 0 N–H and O–H groups in total. The van der Waals surface area contributed by atoms with Crippen LogP contribution in [0.2, 0.25) is 51.4 Å². The Labute approximate surface area is 201 Å². The highest BCUT2D eigenvalue weighted by Gasteiger charge is 2.22. The van der Waals surface area contributed by atoms with Crippen LogP contribution in [-0.4, -0.2) is 32.1 Å². The summed E-state index contributed by atoms with van der Waals surface area (Å²) in [5, 5.41) is 22.4. The van der Waals surface area contributed by atoms with Crippen molar-refractivity contribution in [3.05, 3.63) is 67.8 Å². The Kier molecular flexibility index (Phi) is 8.73. The van der Waals surface area contributed by atoms with Crippen LogP contribution < -0.4 is 9.47 Å². The van der Waals surface area contributed by atoms with E-state index in [0.29, 0.717) is 24.0 Å². The first-order chi connectivity index (χ1) is 15.6. The molecular formula is C23H32N2O7Si2. The van der Waals surface area contributed by atoms with E-state index in [1.165, 1.54) is 36.4 Å². The fourth-order valence-electron chi connectivity index (χ4n) is 3.17. The van der Waals surface area contributed by atoms with Gasteiger partial charge < -0.3 is 9.47 Å². The summed E-state index contributed by atoms with van der Waals surface area (Å²) in [7, 11) is -2.90. The number of aryl methyl sites for hydroxylation is 2. The molecule has 0 atom stereocenters. The number of carbonyl (C=O) groups excluding carboxylic acids is 1. The molecule has 0 unspecified atom stereocenters. The van der Waals surface area contributed by atoms with E-state index < -0.39 is 32.1 Å². The van der Waals surface area contributed by atoms with Crippen molar-refractivity contribution in [2.24, 2.45) is 0 Å². The monoisotopic (exact) mass is 504 g/mol. The molecule has 2 aromatic carbocycles. The lowest BCUT2D eigenvalue weighted by atomic mass is 10.1. The maximum atomic E-state index is 12.6. The van der Waals surface area contributed by atoms with E-state index in [1.807, 2.05) is 0 Å². The van der Waals surface area contributed by atoms with E-state index in [4.69, 9.17) is 9.47 Å². The van der Waals surface area contributed by atoms with Crippen LogP contribution in [0.15, 0.2) is 36.4 Å². The third-order valence-electron chi connectivity index (χ3n) is 5.19. The van der Waals surface area contributed by atoms with E-state index >= 15 is 0 Å². The highest BCUT2D eigenvalue weighted by atomic mass is 28.3. The van der Waals surface area contributed by atoms with Crippen LogP contribution in [0.4, 0.5) is 16.2 Å². The predicted molar refractivity (Wildman–Crippen MR) is 137 cm³/mol. The van der Waals surface area contributed by atoms with E-state index in [0.717, 1.165) is 12.1 Å². The molecule has 0 radical (unpaired) electrons. The van der Waals surface area contributed by atoms with Gasteiger partial charge in [-0.2, -0.15) is 0 Å². The first-order valence-corrected chi connectivity index (χ1v) is 18.5. The maximum Gasteiger partial charge on any atom is 0.519 e. The third kappa shape index (κ3) is 8.71. The average molecular weight is 505 g/mol. The van der Waals surface area contributed by atoms with Crippen LogP contribution in [-0.2, 0) is 12.8 Å². The predicted octanol–water partition coefficient (Wildman–Crippen LogP) is 6.84. The molecule has 2 rings (SSSR count). The number of non-ortho nitro benzene ring substituents is 2. The van der Waals surface area contributed by atoms with E-state index in [9.17, 15) is 25.0 Å². The van der Waals surface area contributed by atoms with Gasteiger partial charge in [0.1, 0.15) is 11.5 Å². The summed E-state index contributed by atoms with van der Waals surface area (Å²) in [5.74, 6) is 0.416. The lowest BCUT2D eigenvalue weighted by molar-refractivity contribution is -0.385. The van der Waals surface area contributed by atoms with Crippen LogP contribution in [0.25, 0.3) is 0 Å². The molecule has 2 aromatic rings. The fraction of sp³-hybridized carbons (Fsp3) is 0.435. The van der Waals surface area contributed by atoms with Gasteiger partial charge in [-0.1, -0.05) is 51.4 Å². The van der Waals surface area contributed by atoms with Gasteiger partial charge in [-0.3, -0.25) is 20.2 Å². The second-order valence-electron chi connectivity index (χ2n) is 10.7. The van der Waals surface area contributed by atoms with Crippen LogP contribution in [0.5, 0.6) is 11.5 Å². The van der Waals surface area contributed by atoms with Crippen LogP contribution >= 0.6 is 0 Å². The normalized spacial score (nSPS) is 11.7. The van der Waals surface area contributed by atoms with Crippen molar-refractivity contribution in [2.45, 2.75) is 64.2 Å². The van der Waals surface area contributed by atoms with Crippen molar-refractivity contribution in [1.29, 1.82) is 0 Å². The number of nitrogens with zero attached hydrogens (tertiary/aromatic N) is 2. The van der Waals surface area contributed by atoms with Gasteiger partial charge in [0.25, 0.3) is 11.4 Å². The van der Waals surface area contributed by atoms with E-state index in [1.54, 1.807) is 0 Å². The molecule has 11 heteroatoms. The van der Waals surface area contributed by atoms with Gasteiger partial charge in [-0.15, -0.1) is 0 Å². The van der Waals surface area contributed by atoms with Gasteiger partial charge in [0.2, 0.25) is 0 Å². The number of benzene rings is 2. The summed E-state index contributed by atoms with van der Waals surface area (Å²) >= 11 is 0. The smallest absolute Gasteiger partial charge is 0.394 e. The average Bonchev–Trinajstić information content (AvgIpc) is 2.70. The summed E-state index contributed by atoms with van der Waals surface area (Å²) < 4.78 is 10.9. The first-order valence-electron chi connectivity index (χ1n) is 11.1. The SMILES string of the molecule is C[Si](C)(C)CCc1cc([N+](=O)[O-])ccc1OC(=O)Oc1ccc([N+](=O)[O-])cc1CC[Si](C)(C)C. The number of rotatable bonds is 10. The minimum Gasteiger partial charge on any atom is -0.394 e. The Hall–Kier alpha value is -3.06. The van der Waals surface area contributed by atoms with E-state index in [-0.39, 0.29) is 22.9 Å². The van der Waals surface area contributed by atoms with Gasteiger partial charge >= 0.3 is 6.16 Å². The second kappa shape index (κ2) is 10.9. The molecule has 0 aliphatic heterocycles. The third-order valence-corrected chi connectivity index (χ3v) is 8.69. The Balaban J connectivity index is 2.27. The molecule has 0 saturated carbocycles. The van der Waals surface area contributed by atoms with Gasteiger partial charge in [0.05, 0.1) is 9.85 Å². The number of nitro groups is 2. The minimum atomic E-state index is -1.45. The Morgan fingerprint density at radius 2 is 1.09 bits per heavy atom. The zero-order valence-corrected chi connectivity index (χ0v) is 22.5. The van der Waals surface area contributed by atoms with Crippen molar-refractivity contribution >= 4 is 33.7 Å². The minimum absolute atomic E-state index is 0.0738. The summed E-state index contributed by atoms with van der Waals surface area (Å²) in [4.78, 5) is 34.1. The molecule has 184 valence electrons. The molecular weight excluding hydrogens is 472 g/mol. The quantitative estimate of drug-likeness (QED) is 0.114. The summed E-state index contributed by atoms with van der Waals surface area (Å²) in [5.41, 5.74) is 0.984. The zero-order chi connectivity index (χ0) is 25.7. The number of carbonyl (C=O) groups is 1. The molecule has 0 aliphatic rings. The van der Waals surface area contributed by atoms with Crippen LogP contribution in [0, 0.1) is 20.2 Å². The molecule has 0 spiro atoms. The fourth-order valence-corrected chi connectivity index (χ4v) is 5.21. The van der Waals surface area contributed by atoms with Crippen LogP contribution in [0.1, 0.15) is 11.1 Å². The molecule has 0 heterocycles. The Bertz CT molecular complexity index is 992.